The number of anilines is 2. The van der Waals surface area contributed by atoms with Crippen molar-refractivity contribution in [3.63, 3.8) is 0 Å². The molecule has 140 valence electrons. The largest absolute Gasteiger partial charge is 0.408 e. The fraction of sp³-hybridized carbons (Fsp3) is 0.412. The van der Waals surface area contributed by atoms with Crippen molar-refractivity contribution in [2.45, 2.75) is 39.1 Å². The van der Waals surface area contributed by atoms with Gasteiger partial charge in [0.25, 0.3) is 0 Å². The first-order valence-electron chi connectivity index (χ1n) is 8.02. The number of rotatable bonds is 4. The molecule has 2 N–H and O–H groups in total. The molecule has 6 nitrogen and oxygen atoms in total. The molecule has 9 heteroatoms. The molecule has 0 unspecified atom stereocenters. The van der Waals surface area contributed by atoms with Gasteiger partial charge < -0.3 is 10.4 Å². The summed E-state index contributed by atoms with van der Waals surface area (Å²) < 4.78 is 40.3. The zero-order valence-corrected chi connectivity index (χ0v) is 14.9. The van der Waals surface area contributed by atoms with Crippen LogP contribution in [0.2, 0.25) is 0 Å². The average Bonchev–Trinajstić information content (AvgIpc) is 2.97. The van der Waals surface area contributed by atoms with Crippen LogP contribution in [0.3, 0.4) is 0 Å². The molecule has 0 bridgehead atoms. The van der Waals surface area contributed by atoms with Crippen molar-refractivity contribution in [2.24, 2.45) is 7.05 Å². The summed E-state index contributed by atoms with van der Waals surface area (Å²) in [6.45, 7) is 3.81. The van der Waals surface area contributed by atoms with Crippen LogP contribution in [0.15, 0.2) is 24.3 Å². The standard InChI is InChI=1S/C17H20F3N5O/c1-10-7-14(22-25(10)9-17(18,19)20)21-15-12-6-5-11(16(2,3)26)8-13(12)24(4)23-15/h5-8,26H,9H2,1-4H3,(H,21,22,23). The van der Waals surface area contributed by atoms with Crippen molar-refractivity contribution in [2.75, 3.05) is 5.32 Å². The Morgan fingerprint density at radius 3 is 2.46 bits per heavy atom. The summed E-state index contributed by atoms with van der Waals surface area (Å²) >= 11 is 0. The summed E-state index contributed by atoms with van der Waals surface area (Å²) in [5.41, 5.74) is 0.942. The summed E-state index contributed by atoms with van der Waals surface area (Å²) in [5, 5.41) is 22.3. The van der Waals surface area contributed by atoms with E-state index in [-0.39, 0.29) is 0 Å². The third-order valence-electron chi connectivity index (χ3n) is 4.11. The lowest BCUT2D eigenvalue weighted by Crippen LogP contribution is -2.19. The van der Waals surface area contributed by atoms with Crippen molar-refractivity contribution < 1.29 is 18.3 Å². The molecule has 0 spiro atoms. The Balaban J connectivity index is 1.94. The maximum absolute atomic E-state index is 12.6. The first kappa shape index (κ1) is 18.2. The van der Waals surface area contributed by atoms with E-state index in [0.29, 0.717) is 17.3 Å². The minimum absolute atomic E-state index is 0.290. The minimum Gasteiger partial charge on any atom is -0.386 e. The molecule has 26 heavy (non-hydrogen) atoms. The number of aromatic nitrogens is 4. The fourth-order valence-corrected chi connectivity index (χ4v) is 2.75. The summed E-state index contributed by atoms with van der Waals surface area (Å²) in [6, 6.07) is 6.98. The molecule has 0 amide bonds. The second kappa shape index (κ2) is 6.01. The van der Waals surface area contributed by atoms with Crippen LogP contribution in [0.1, 0.15) is 25.1 Å². The van der Waals surface area contributed by atoms with E-state index in [1.54, 1.807) is 38.6 Å². The predicted octanol–water partition coefficient (Wildman–Crippen LogP) is 3.61. The summed E-state index contributed by atoms with van der Waals surface area (Å²) in [7, 11) is 1.76. The van der Waals surface area contributed by atoms with Gasteiger partial charge in [0.05, 0.1) is 11.1 Å². The normalized spacial score (nSPS) is 12.8. The number of hydrogen-bond donors (Lipinski definition) is 2. The Labute approximate surface area is 148 Å². The zero-order valence-electron chi connectivity index (χ0n) is 14.9. The van der Waals surface area contributed by atoms with E-state index < -0.39 is 18.3 Å². The molecule has 2 heterocycles. The highest BCUT2D eigenvalue weighted by Gasteiger charge is 2.29. The lowest BCUT2D eigenvalue weighted by molar-refractivity contribution is -0.142. The van der Waals surface area contributed by atoms with Gasteiger partial charge in [-0.25, -0.2) is 0 Å². The van der Waals surface area contributed by atoms with Crippen LogP contribution in [0.5, 0.6) is 0 Å². The number of halogens is 3. The quantitative estimate of drug-likeness (QED) is 0.739. The van der Waals surface area contributed by atoms with Gasteiger partial charge in [0.1, 0.15) is 6.54 Å². The van der Waals surface area contributed by atoms with Crippen LogP contribution >= 0.6 is 0 Å². The molecule has 0 saturated heterocycles. The molecule has 0 aliphatic heterocycles. The van der Waals surface area contributed by atoms with Crippen LogP contribution in [0.25, 0.3) is 10.9 Å². The molecule has 0 fully saturated rings. The van der Waals surface area contributed by atoms with Gasteiger partial charge >= 0.3 is 6.18 Å². The zero-order chi connectivity index (χ0) is 19.3. The van der Waals surface area contributed by atoms with Crippen molar-refractivity contribution in [3.8, 4) is 0 Å². The average molecular weight is 367 g/mol. The Bertz CT molecular complexity index is 950. The van der Waals surface area contributed by atoms with E-state index in [4.69, 9.17) is 0 Å². The molecule has 0 atom stereocenters. The lowest BCUT2D eigenvalue weighted by atomic mass is 9.97. The van der Waals surface area contributed by atoms with Gasteiger partial charge in [-0.2, -0.15) is 23.4 Å². The second-order valence-electron chi connectivity index (χ2n) is 6.83. The monoisotopic (exact) mass is 367 g/mol. The number of benzene rings is 1. The van der Waals surface area contributed by atoms with Crippen LogP contribution in [0.4, 0.5) is 24.8 Å². The van der Waals surface area contributed by atoms with E-state index in [1.165, 1.54) is 6.07 Å². The molecular weight excluding hydrogens is 347 g/mol. The Morgan fingerprint density at radius 1 is 1.15 bits per heavy atom. The van der Waals surface area contributed by atoms with Gasteiger partial charge in [0.15, 0.2) is 11.6 Å². The summed E-state index contributed by atoms with van der Waals surface area (Å²) in [6.07, 6.45) is -4.33. The third kappa shape index (κ3) is 3.67. The Kier molecular flexibility index (Phi) is 4.22. The number of aryl methyl sites for hydroxylation is 2. The minimum atomic E-state index is -4.33. The number of nitrogens with one attached hydrogen (secondary N) is 1. The van der Waals surface area contributed by atoms with Crippen LogP contribution < -0.4 is 5.32 Å². The highest BCUT2D eigenvalue weighted by molar-refractivity contribution is 5.92. The molecule has 0 radical (unpaired) electrons. The van der Waals surface area contributed by atoms with Gasteiger partial charge in [0.2, 0.25) is 0 Å². The van der Waals surface area contributed by atoms with Crippen molar-refractivity contribution >= 4 is 22.5 Å². The Morgan fingerprint density at radius 2 is 1.85 bits per heavy atom. The SMILES string of the molecule is Cc1cc(Nc2nn(C)c3cc(C(C)(C)O)ccc23)nn1CC(F)(F)F. The number of nitrogens with zero attached hydrogens (tertiary/aromatic N) is 4. The van der Waals surface area contributed by atoms with E-state index in [1.807, 2.05) is 12.1 Å². The highest BCUT2D eigenvalue weighted by atomic mass is 19.4. The van der Waals surface area contributed by atoms with E-state index >= 15 is 0 Å². The van der Waals surface area contributed by atoms with Crippen LogP contribution in [0, 0.1) is 6.92 Å². The van der Waals surface area contributed by atoms with E-state index in [2.05, 4.69) is 15.5 Å². The molecule has 3 aromatic rings. The van der Waals surface area contributed by atoms with Gasteiger partial charge in [-0.05, 0) is 38.5 Å². The third-order valence-corrected chi connectivity index (χ3v) is 4.11. The molecule has 3 rings (SSSR count). The maximum Gasteiger partial charge on any atom is 0.408 e. The molecule has 1 aromatic carbocycles. The molecule has 0 aliphatic carbocycles. The summed E-state index contributed by atoms with van der Waals surface area (Å²) in [5.74, 6) is 0.778. The smallest absolute Gasteiger partial charge is 0.386 e. The highest BCUT2D eigenvalue weighted by Crippen LogP contribution is 2.30. The van der Waals surface area contributed by atoms with Gasteiger partial charge in [-0.1, -0.05) is 6.07 Å². The number of fused-ring (bicyclic) bond motifs is 1. The van der Waals surface area contributed by atoms with Gasteiger partial charge in [0, 0.05) is 24.2 Å². The predicted molar refractivity (Wildman–Crippen MR) is 92.3 cm³/mol. The molecule has 0 saturated carbocycles. The van der Waals surface area contributed by atoms with Crippen LogP contribution in [-0.4, -0.2) is 30.8 Å². The van der Waals surface area contributed by atoms with Gasteiger partial charge in [-0.3, -0.25) is 9.36 Å². The van der Waals surface area contributed by atoms with Crippen molar-refractivity contribution in [3.05, 3.63) is 35.5 Å². The maximum atomic E-state index is 12.6. The number of hydrogen-bond acceptors (Lipinski definition) is 4. The van der Waals surface area contributed by atoms with Crippen molar-refractivity contribution in [1.82, 2.24) is 19.6 Å². The summed E-state index contributed by atoms with van der Waals surface area (Å²) in [4.78, 5) is 0. The lowest BCUT2D eigenvalue weighted by Gasteiger charge is -2.17. The van der Waals surface area contributed by atoms with Gasteiger partial charge in [-0.15, -0.1) is 0 Å². The fourth-order valence-electron chi connectivity index (χ4n) is 2.75. The topological polar surface area (TPSA) is 67.9 Å². The number of alkyl halides is 3. The first-order chi connectivity index (χ1) is 11.9. The first-order valence-corrected chi connectivity index (χ1v) is 8.02. The molecular formula is C17H20F3N5O. The Hall–Kier alpha value is -2.55. The number of aliphatic hydroxyl groups is 1. The van der Waals surface area contributed by atoms with Crippen LogP contribution in [-0.2, 0) is 19.2 Å². The van der Waals surface area contributed by atoms with E-state index in [9.17, 15) is 18.3 Å². The van der Waals surface area contributed by atoms with Crippen molar-refractivity contribution in [1.29, 1.82) is 0 Å². The molecule has 0 aliphatic rings. The second-order valence-corrected chi connectivity index (χ2v) is 6.83. The van der Waals surface area contributed by atoms with E-state index in [0.717, 1.165) is 21.1 Å². The molecule has 2 aromatic heterocycles.